The molecule has 1 fully saturated rings. The van der Waals surface area contributed by atoms with Gasteiger partial charge in [-0.2, -0.15) is 18.2 Å². The highest BCUT2D eigenvalue weighted by atomic mass is 19.4. The van der Waals surface area contributed by atoms with Gasteiger partial charge in [0.05, 0.1) is 14.2 Å². The number of hydrogen-bond acceptors (Lipinski definition) is 7. The first-order chi connectivity index (χ1) is 12.9. The maximum Gasteiger partial charge on any atom is 0.451 e. The van der Waals surface area contributed by atoms with Gasteiger partial charge in [0.15, 0.2) is 17.0 Å². The molecule has 3 aromatic rings. The molecule has 0 bridgehead atoms. The number of nitrogens with one attached hydrogen (secondary N) is 1. The minimum absolute atomic E-state index is 0.0109. The molecule has 0 atom stereocenters. The molecule has 8 nitrogen and oxygen atoms in total. The SMILES string of the molecule is COc1cc(OC)nc(-n2cnc3c(NC4CC4)nc(C(F)(F)F)nc32)c1. The van der Waals surface area contributed by atoms with Crippen molar-refractivity contribution in [2.24, 2.45) is 0 Å². The molecule has 27 heavy (non-hydrogen) atoms. The standard InChI is InChI=1S/C16H15F3N6O2/c1-26-9-5-10(22-11(6-9)27-2)25-7-20-12-13(21-8-3-4-8)23-15(16(17,18)19)24-14(12)25/h5-8H,3-4H2,1-2H3,(H,21,23,24). The van der Waals surface area contributed by atoms with Crippen molar-refractivity contribution in [3.8, 4) is 17.4 Å². The van der Waals surface area contributed by atoms with Crippen LogP contribution in [0.25, 0.3) is 17.0 Å². The van der Waals surface area contributed by atoms with Crippen molar-refractivity contribution in [3.63, 3.8) is 0 Å². The Morgan fingerprint density at radius 2 is 1.89 bits per heavy atom. The minimum Gasteiger partial charge on any atom is -0.496 e. The zero-order valence-corrected chi connectivity index (χ0v) is 14.4. The van der Waals surface area contributed by atoms with Gasteiger partial charge in [-0.3, -0.25) is 4.57 Å². The van der Waals surface area contributed by atoms with Crippen LogP contribution in [0.5, 0.6) is 11.6 Å². The first kappa shape index (κ1) is 17.3. The molecule has 1 aliphatic rings. The quantitative estimate of drug-likeness (QED) is 0.728. The number of methoxy groups -OCH3 is 2. The van der Waals surface area contributed by atoms with E-state index in [1.807, 2.05) is 0 Å². The molecule has 0 aliphatic heterocycles. The van der Waals surface area contributed by atoms with Gasteiger partial charge in [0.25, 0.3) is 0 Å². The number of imidazole rings is 1. The molecule has 4 rings (SSSR count). The predicted octanol–water partition coefficient (Wildman–Crippen LogP) is 2.82. The Kier molecular flexibility index (Phi) is 4.01. The Labute approximate surface area is 151 Å². The summed E-state index contributed by atoms with van der Waals surface area (Å²) < 4.78 is 51.5. The number of ether oxygens (including phenoxy) is 2. The lowest BCUT2D eigenvalue weighted by molar-refractivity contribution is -0.144. The van der Waals surface area contributed by atoms with Gasteiger partial charge < -0.3 is 14.8 Å². The molecule has 11 heteroatoms. The lowest BCUT2D eigenvalue weighted by atomic mass is 10.4. The summed E-state index contributed by atoms with van der Waals surface area (Å²) in [6.07, 6.45) is -1.59. The summed E-state index contributed by atoms with van der Waals surface area (Å²) in [5.41, 5.74) is 0.224. The summed E-state index contributed by atoms with van der Waals surface area (Å²) >= 11 is 0. The van der Waals surface area contributed by atoms with E-state index in [0.717, 1.165) is 12.8 Å². The molecule has 0 saturated heterocycles. The topological polar surface area (TPSA) is 87.0 Å². The number of alkyl halides is 3. The Morgan fingerprint density at radius 1 is 1.11 bits per heavy atom. The third-order valence-corrected chi connectivity index (χ3v) is 4.02. The van der Waals surface area contributed by atoms with Crippen LogP contribution in [0.3, 0.4) is 0 Å². The number of halogens is 3. The number of aromatic nitrogens is 5. The fourth-order valence-electron chi connectivity index (χ4n) is 2.53. The number of anilines is 1. The highest BCUT2D eigenvalue weighted by Crippen LogP contribution is 2.33. The highest BCUT2D eigenvalue weighted by molar-refractivity contribution is 5.84. The van der Waals surface area contributed by atoms with Crippen LogP contribution in [0.1, 0.15) is 18.7 Å². The van der Waals surface area contributed by atoms with Gasteiger partial charge in [-0.1, -0.05) is 0 Å². The van der Waals surface area contributed by atoms with Crippen LogP contribution in [-0.2, 0) is 6.18 Å². The summed E-state index contributed by atoms with van der Waals surface area (Å²) in [6, 6.07) is 3.20. The second-order valence-electron chi connectivity index (χ2n) is 6.01. The van der Waals surface area contributed by atoms with E-state index in [-0.39, 0.29) is 34.7 Å². The van der Waals surface area contributed by atoms with Gasteiger partial charge in [-0.15, -0.1) is 0 Å². The second kappa shape index (κ2) is 6.25. The molecule has 0 radical (unpaired) electrons. The molecule has 1 saturated carbocycles. The van der Waals surface area contributed by atoms with Gasteiger partial charge in [0, 0.05) is 18.2 Å². The maximum atomic E-state index is 13.3. The van der Waals surface area contributed by atoms with Gasteiger partial charge in [-0.25, -0.2) is 15.0 Å². The third-order valence-electron chi connectivity index (χ3n) is 4.02. The van der Waals surface area contributed by atoms with Crippen LogP contribution in [0, 0.1) is 0 Å². The van der Waals surface area contributed by atoms with E-state index < -0.39 is 12.0 Å². The van der Waals surface area contributed by atoms with Crippen LogP contribution in [0.15, 0.2) is 18.5 Å². The van der Waals surface area contributed by atoms with E-state index in [1.165, 1.54) is 25.1 Å². The zero-order valence-electron chi connectivity index (χ0n) is 14.4. The van der Waals surface area contributed by atoms with Crippen LogP contribution >= 0.6 is 0 Å². The molecular weight excluding hydrogens is 365 g/mol. The summed E-state index contributed by atoms with van der Waals surface area (Å²) in [6.45, 7) is 0. The van der Waals surface area contributed by atoms with Crippen molar-refractivity contribution in [2.45, 2.75) is 25.1 Å². The smallest absolute Gasteiger partial charge is 0.451 e. The van der Waals surface area contributed by atoms with Crippen molar-refractivity contribution in [1.29, 1.82) is 0 Å². The largest absolute Gasteiger partial charge is 0.496 e. The van der Waals surface area contributed by atoms with Crippen molar-refractivity contribution >= 4 is 17.0 Å². The number of hydrogen-bond donors (Lipinski definition) is 1. The average molecular weight is 380 g/mol. The molecule has 142 valence electrons. The Balaban J connectivity index is 1.91. The predicted molar refractivity (Wildman–Crippen MR) is 89.2 cm³/mol. The van der Waals surface area contributed by atoms with Gasteiger partial charge >= 0.3 is 6.18 Å². The second-order valence-corrected chi connectivity index (χ2v) is 6.01. The van der Waals surface area contributed by atoms with Crippen molar-refractivity contribution in [1.82, 2.24) is 24.5 Å². The normalized spacial score (nSPS) is 14.4. The molecule has 0 unspecified atom stereocenters. The van der Waals surface area contributed by atoms with Crippen molar-refractivity contribution in [2.75, 3.05) is 19.5 Å². The highest BCUT2D eigenvalue weighted by Gasteiger charge is 2.37. The third kappa shape index (κ3) is 3.32. The molecule has 1 N–H and O–H groups in total. The molecule has 3 aromatic heterocycles. The first-order valence-electron chi connectivity index (χ1n) is 8.08. The van der Waals surface area contributed by atoms with Gasteiger partial charge in [-0.05, 0) is 12.8 Å². The van der Waals surface area contributed by atoms with E-state index >= 15 is 0 Å². The lowest BCUT2D eigenvalue weighted by Crippen LogP contribution is -2.15. The van der Waals surface area contributed by atoms with E-state index in [4.69, 9.17) is 9.47 Å². The summed E-state index contributed by atoms with van der Waals surface area (Å²) in [7, 11) is 2.89. The van der Waals surface area contributed by atoms with E-state index in [1.54, 1.807) is 12.1 Å². The van der Waals surface area contributed by atoms with Crippen LogP contribution < -0.4 is 14.8 Å². The molecule has 1 aliphatic carbocycles. The van der Waals surface area contributed by atoms with Gasteiger partial charge in [0.2, 0.25) is 11.7 Å². The number of fused-ring (bicyclic) bond motifs is 1. The molecule has 0 amide bonds. The zero-order chi connectivity index (χ0) is 19.2. The molecule has 0 spiro atoms. The fraction of sp³-hybridized carbons (Fsp3) is 0.375. The summed E-state index contributed by atoms with van der Waals surface area (Å²) in [4.78, 5) is 15.8. The Morgan fingerprint density at radius 3 is 2.52 bits per heavy atom. The summed E-state index contributed by atoms with van der Waals surface area (Å²) in [5, 5.41) is 2.98. The fourth-order valence-corrected chi connectivity index (χ4v) is 2.53. The first-order valence-corrected chi connectivity index (χ1v) is 8.08. The summed E-state index contributed by atoms with van der Waals surface area (Å²) in [5.74, 6) is -0.246. The Hall–Kier alpha value is -3.11. The maximum absolute atomic E-state index is 13.3. The van der Waals surface area contributed by atoms with Crippen molar-refractivity contribution in [3.05, 3.63) is 24.3 Å². The van der Waals surface area contributed by atoms with E-state index in [2.05, 4.69) is 25.3 Å². The number of rotatable bonds is 5. The molecule has 3 heterocycles. The average Bonchev–Trinajstić information content (AvgIpc) is 3.35. The monoisotopic (exact) mass is 380 g/mol. The van der Waals surface area contributed by atoms with Crippen molar-refractivity contribution < 1.29 is 22.6 Å². The Bertz CT molecular complexity index is 977. The van der Waals surface area contributed by atoms with Crippen LogP contribution in [-0.4, -0.2) is 44.8 Å². The number of pyridine rings is 1. The van der Waals surface area contributed by atoms with E-state index in [9.17, 15) is 13.2 Å². The van der Waals surface area contributed by atoms with Crippen LogP contribution in [0.2, 0.25) is 0 Å². The molecular formula is C16H15F3N6O2. The minimum atomic E-state index is -4.69. The van der Waals surface area contributed by atoms with Gasteiger partial charge in [0.1, 0.15) is 17.9 Å². The lowest BCUT2D eigenvalue weighted by Gasteiger charge is -2.11. The van der Waals surface area contributed by atoms with E-state index in [0.29, 0.717) is 5.75 Å². The number of nitrogens with zero attached hydrogens (tertiary/aromatic N) is 5. The van der Waals surface area contributed by atoms with Crippen LogP contribution in [0.4, 0.5) is 19.0 Å². The molecule has 0 aromatic carbocycles.